The average Bonchev–Trinajstić information content (AvgIpc) is 2.95. The Morgan fingerprint density at radius 3 is 2.86 bits per heavy atom. The van der Waals surface area contributed by atoms with Gasteiger partial charge in [-0.3, -0.25) is 10.00 Å². The maximum atomic E-state index is 4.98. The zero-order chi connectivity index (χ0) is 14.7. The molecule has 0 saturated carbocycles. The SMILES string of the molecule is COc1ncc(CN2CCCC(c3n[nH]c(C)n3)C2)cn1. The van der Waals surface area contributed by atoms with Crippen LogP contribution in [0.3, 0.4) is 0 Å². The highest BCUT2D eigenvalue weighted by atomic mass is 16.5. The van der Waals surface area contributed by atoms with Crippen LogP contribution in [-0.4, -0.2) is 50.2 Å². The summed E-state index contributed by atoms with van der Waals surface area (Å²) in [6.07, 6.45) is 5.96. The average molecular weight is 288 g/mol. The summed E-state index contributed by atoms with van der Waals surface area (Å²) < 4.78 is 4.98. The summed E-state index contributed by atoms with van der Waals surface area (Å²) in [5.74, 6) is 2.22. The van der Waals surface area contributed by atoms with Crippen LogP contribution >= 0.6 is 0 Å². The molecule has 0 aromatic carbocycles. The third kappa shape index (κ3) is 3.36. The predicted molar refractivity (Wildman–Crippen MR) is 77.0 cm³/mol. The molecule has 0 amide bonds. The predicted octanol–water partition coefficient (Wildman–Crippen LogP) is 1.29. The molecule has 7 heteroatoms. The fourth-order valence-electron chi connectivity index (χ4n) is 2.74. The highest BCUT2D eigenvalue weighted by Gasteiger charge is 2.24. The molecule has 21 heavy (non-hydrogen) atoms. The summed E-state index contributed by atoms with van der Waals surface area (Å²) in [6.45, 7) is 4.85. The lowest BCUT2D eigenvalue weighted by Gasteiger charge is -2.31. The van der Waals surface area contributed by atoms with Crippen molar-refractivity contribution in [1.29, 1.82) is 0 Å². The van der Waals surface area contributed by atoms with Crippen molar-refractivity contribution in [3.63, 3.8) is 0 Å². The molecule has 2 aromatic heterocycles. The van der Waals surface area contributed by atoms with Crippen LogP contribution in [0.4, 0.5) is 0 Å². The Morgan fingerprint density at radius 1 is 1.38 bits per heavy atom. The highest BCUT2D eigenvalue weighted by molar-refractivity contribution is 5.08. The molecule has 0 aliphatic carbocycles. The number of hydrogen-bond acceptors (Lipinski definition) is 6. The van der Waals surface area contributed by atoms with E-state index >= 15 is 0 Å². The first-order valence-electron chi connectivity index (χ1n) is 7.21. The molecule has 1 unspecified atom stereocenters. The van der Waals surface area contributed by atoms with Gasteiger partial charge in [-0.15, -0.1) is 0 Å². The molecule has 1 N–H and O–H groups in total. The Balaban J connectivity index is 1.62. The summed E-state index contributed by atoms with van der Waals surface area (Å²) >= 11 is 0. The molecule has 1 atom stereocenters. The second-order valence-electron chi connectivity index (χ2n) is 5.43. The third-order valence-electron chi connectivity index (χ3n) is 3.76. The number of nitrogens with one attached hydrogen (secondary N) is 1. The first-order valence-corrected chi connectivity index (χ1v) is 7.21. The van der Waals surface area contributed by atoms with Gasteiger partial charge in [-0.25, -0.2) is 15.0 Å². The number of aromatic amines is 1. The van der Waals surface area contributed by atoms with Gasteiger partial charge in [-0.05, 0) is 26.3 Å². The number of aryl methyl sites for hydroxylation is 1. The lowest BCUT2D eigenvalue weighted by molar-refractivity contribution is 0.196. The van der Waals surface area contributed by atoms with E-state index in [9.17, 15) is 0 Å². The van der Waals surface area contributed by atoms with Gasteiger partial charge in [0.25, 0.3) is 0 Å². The fraction of sp³-hybridized carbons (Fsp3) is 0.571. The van der Waals surface area contributed by atoms with Crippen LogP contribution in [-0.2, 0) is 6.54 Å². The summed E-state index contributed by atoms with van der Waals surface area (Å²) in [7, 11) is 1.57. The molecule has 1 fully saturated rings. The van der Waals surface area contributed by atoms with E-state index in [0.29, 0.717) is 11.9 Å². The van der Waals surface area contributed by atoms with Crippen molar-refractivity contribution in [2.75, 3.05) is 20.2 Å². The molecule has 0 bridgehead atoms. The summed E-state index contributed by atoms with van der Waals surface area (Å²) in [4.78, 5) is 15.2. The van der Waals surface area contributed by atoms with Crippen molar-refractivity contribution in [1.82, 2.24) is 30.0 Å². The number of hydrogen-bond donors (Lipinski definition) is 1. The molecular weight excluding hydrogens is 268 g/mol. The van der Waals surface area contributed by atoms with E-state index in [-0.39, 0.29) is 0 Å². The minimum absolute atomic E-state index is 0.405. The van der Waals surface area contributed by atoms with Gasteiger partial charge < -0.3 is 4.74 Å². The van der Waals surface area contributed by atoms with Gasteiger partial charge in [0, 0.05) is 37.0 Å². The van der Waals surface area contributed by atoms with E-state index in [1.807, 2.05) is 19.3 Å². The molecule has 1 aliphatic heterocycles. The minimum atomic E-state index is 0.405. The molecule has 0 spiro atoms. The van der Waals surface area contributed by atoms with E-state index in [4.69, 9.17) is 4.74 Å². The van der Waals surface area contributed by atoms with Crippen molar-refractivity contribution in [2.45, 2.75) is 32.2 Å². The number of ether oxygens (including phenoxy) is 1. The number of H-pyrrole nitrogens is 1. The number of likely N-dealkylation sites (tertiary alicyclic amines) is 1. The van der Waals surface area contributed by atoms with Crippen molar-refractivity contribution >= 4 is 0 Å². The molecule has 112 valence electrons. The van der Waals surface area contributed by atoms with Gasteiger partial charge in [0.2, 0.25) is 0 Å². The molecule has 1 saturated heterocycles. The molecule has 7 nitrogen and oxygen atoms in total. The summed E-state index contributed by atoms with van der Waals surface area (Å²) in [6, 6.07) is 0.409. The first-order chi connectivity index (χ1) is 10.2. The quantitative estimate of drug-likeness (QED) is 0.913. The molecule has 3 rings (SSSR count). The first kappa shape index (κ1) is 13.9. The number of aromatic nitrogens is 5. The number of rotatable bonds is 4. The van der Waals surface area contributed by atoms with Crippen LogP contribution in [0.5, 0.6) is 6.01 Å². The van der Waals surface area contributed by atoms with Gasteiger partial charge >= 0.3 is 6.01 Å². The number of piperidine rings is 1. The van der Waals surface area contributed by atoms with Gasteiger partial charge in [0.05, 0.1) is 7.11 Å². The van der Waals surface area contributed by atoms with Gasteiger partial charge in [-0.2, -0.15) is 5.10 Å². The van der Waals surface area contributed by atoms with Crippen molar-refractivity contribution in [2.24, 2.45) is 0 Å². The molecule has 1 aliphatic rings. The van der Waals surface area contributed by atoms with E-state index in [2.05, 4.69) is 30.0 Å². The summed E-state index contributed by atoms with van der Waals surface area (Å²) in [5.41, 5.74) is 1.10. The summed E-state index contributed by atoms with van der Waals surface area (Å²) in [5, 5.41) is 7.23. The van der Waals surface area contributed by atoms with Crippen LogP contribution in [0.1, 0.15) is 36.0 Å². The third-order valence-corrected chi connectivity index (χ3v) is 3.76. The lowest BCUT2D eigenvalue weighted by Crippen LogP contribution is -2.34. The Hall–Kier alpha value is -2.02. The zero-order valence-electron chi connectivity index (χ0n) is 12.4. The highest BCUT2D eigenvalue weighted by Crippen LogP contribution is 2.25. The van der Waals surface area contributed by atoms with Crippen LogP contribution in [0.15, 0.2) is 12.4 Å². The normalized spacial score (nSPS) is 19.6. The second kappa shape index (κ2) is 6.17. The second-order valence-corrected chi connectivity index (χ2v) is 5.43. The van der Waals surface area contributed by atoms with Gasteiger partial charge in [-0.1, -0.05) is 0 Å². The van der Waals surface area contributed by atoms with Gasteiger partial charge in [0.15, 0.2) is 5.82 Å². The Bertz CT molecular complexity index is 581. The van der Waals surface area contributed by atoms with Crippen LogP contribution in [0.25, 0.3) is 0 Å². The van der Waals surface area contributed by atoms with Gasteiger partial charge in [0.1, 0.15) is 5.82 Å². The topological polar surface area (TPSA) is 79.8 Å². The maximum Gasteiger partial charge on any atom is 0.316 e. The Labute approximate surface area is 123 Å². The fourth-order valence-corrected chi connectivity index (χ4v) is 2.74. The van der Waals surface area contributed by atoms with Crippen LogP contribution in [0, 0.1) is 6.92 Å². The van der Waals surface area contributed by atoms with E-state index < -0.39 is 0 Å². The van der Waals surface area contributed by atoms with Crippen LogP contribution < -0.4 is 4.74 Å². The van der Waals surface area contributed by atoms with Crippen molar-refractivity contribution in [3.05, 3.63) is 29.6 Å². The smallest absolute Gasteiger partial charge is 0.316 e. The van der Waals surface area contributed by atoms with Crippen LogP contribution in [0.2, 0.25) is 0 Å². The molecule has 2 aromatic rings. The zero-order valence-corrected chi connectivity index (χ0v) is 12.4. The van der Waals surface area contributed by atoms with Crippen molar-refractivity contribution < 1.29 is 4.74 Å². The Kier molecular flexibility index (Phi) is 4.10. The Morgan fingerprint density at radius 2 is 2.19 bits per heavy atom. The van der Waals surface area contributed by atoms with E-state index in [1.54, 1.807) is 7.11 Å². The van der Waals surface area contributed by atoms with E-state index in [1.165, 1.54) is 0 Å². The molecule has 3 heterocycles. The van der Waals surface area contributed by atoms with E-state index in [0.717, 1.165) is 49.7 Å². The standard InChI is InChI=1S/C14H20N6O/c1-10-17-13(19-18-10)12-4-3-5-20(9-12)8-11-6-15-14(21-2)16-7-11/h6-7,12H,3-5,8-9H2,1-2H3,(H,17,18,19). The molecular formula is C14H20N6O. The maximum absolute atomic E-state index is 4.98. The van der Waals surface area contributed by atoms with Crippen molar-refractivity contribution in [3.8, 4) is 6.01 Å². The lowest BCUT2D eigenvalue weighted by atomic mass is 9.97. The monoisotopic (exact) mass is 288 g/mol. The molecule has 0 radical (unpaired) electrons. The number of nitrogens with zero attached hydrogens (tertiary/aromatic N) is 5. The number of methoxy groups -OCH3 is 1. The largest absolute Gasteiger partial charge is 0.467 e. The minimum Gasteiger partial charge on any atom is -0.467 e.